The largest absolute Gasteiger partial charge is 0.378 e. The van der Waals surface area contributed by atoms with Gasteiger partial charge in [-0.05, 0) is 43.5 Å². The van der Waals surface area contributed by atoms with Gasteiger partial charge in [-0.25, -0.2) is 0 Å². The van der Waals surface area contributed by atoms with Crippen LogP contribution in [-0.2, 0) is 29.8 Å². The molecule has 0 bridgehead atoms. The number of amides is 1. The molecule has 2 aromatic carbocycles. The molecule has 3 aromatic rings. The molecule has 0 fully saturated rings. The number of nitrogens with zero attached hydrogens (tertiary/aromatic N) is 3. The third kappa shape index (κ3) is 11.9. The normalized spacial score (nSPS) is 9.69. The molecule has 3 N–H and O–H groups in total. The zero-order chi connectivity index (χ0) is 29.8. The predicted octanol–water partition coefficient (Wildman–Crippen LogP) is 6.10. The number of hydrogen-bond acceptors (Lipinski definition) is 5. The Bertz CT molecular complexity index is 1180. The molecule has 0 unspecified atom stereocenters. The number of aromatic nitrogens is 2. The first-order valence-corrected chi connectivity index (χ1v) is 13.2. The van der Waals surface area contributed by atoms with Gasteiger partial charge >= 0.3 is 0 Å². The van der Waals surface area contributed by atoms with Crippen molar-refractivity contribution in [2.75, 3.05) is 7.11 Å². The lowest BCUT2D eigenvalue weighted by Crippen LogP contribution is -2.24. The number of ether oxygens (including phenoxy) is 1. The molecular formula is C32H45N5O2. The monoisotopic (exact) mass is 531 g/mol. The van der Waals surface area contributed by atoms with Crippen LogP contribution in [0.1, 0.15) is 86.3 Å². The first-order valence-electron chi connectivity index (χ1n) is 13.2. The third-order valence-electron chi connectivity index (χ3n) is 5.34. The number of nitriles is 1. The average Bonchev–Trinajstić information content (AvgIpc) is 3.33. The van der Waals surface area contributed by atoms with Crippen molar-refractivity contribution in [3.63, 3.8) is 0 Å². The molecule has 1 heterocycles. The van der Waals surface area contributed by atoms with Crippen molar-refractivity contribution < 1.29 is 9.53 Å². The molecular weight excluding hydrogens is 486 g/mol. The van der Waals surface area contributed by atoms with Crippen molar-refractivity contribution in [2.24, 2.45) is 5.73 Å². The number of methoxy groups -OCH3 is 1. The SMILES string of the molecule is C#CN.CC.CCC.COCc1c(C(=O)NCc2ccc(C)cc2)cnn1Cc1ccc(C(C)(C)C#N)cc1. The Morgan fingerprint density at radius 2 is 1.62 bits per heavy atom. The third-order valence-corrected chi connectivity index (χ3v) is 5.34. The highest BCUT2D eigenvalue weighted by atomic mass is 16.5. The van der Waals surface area contributed by atoms with E-state index in [1.807, 2.05) is 83.1 Å². The molecule has 39 heavy (non-hydrogen) atoms. The fourth-order valence-electron chi connectivity index (χ4n) is 3.27. The summed E-state index contributed by atoms with van der Waals surface area (Å²) in [4.78, 5) is 12.8. The summed E-state index contributed by atoms with van der Waals surface area (Å²) < 4.78 is 7.12. The van der Waals surface area contributed by atoms with Crippen LogP contribution in [0.2, 0.25) is 0 Å². The highest BCUT2D eigenvalue weighted by molar-refractivity contribution is 5.95. The van der Waals surface area contributed by atoms with E-state index in [1.165, 1.54) is 12.0 Å². The zero-order valence-electron chi connectivity index (χ0n) is 24.8. The molecule has 7 heteroatoms. The molecule has 0 aliphatic rings. The lowest BCUT2D eigenvalue weighted by Gasteiger charge is -2.16. The van der Waals surface area contributed by atoms with E-state index in [0.717, 1.165) is 22.4 Å². The topological polar surface area (TPSA) is 106 Å². The second-order valence-electron chi connectivity index (χ2n) is 9.07. The van der Waals surface area contributed by atoms with Crippen LogP contribution in [0.3, 0.4) is 0 Å². The van der Waals surface area contributed by atoms with Crippen LogP contribution < -0.4 is 11.1 Å². The van der Waals surface area contributed by atoms with Gasteiger partial charge in [0.2, 0.25) is 0 Å². The van der Waals surface area contributed by atoms with Gasteiger partial charge in [-0.1, -0.05) is 94.6 Å². The summed E-state index contributed by atoms with van der Waals surface area (Å²) in [6.07, 6.45) is 7.21. The van der Waals surface area contributed by atoms with E-state index in [0.29, 0.717) is 18.7 Å². The summed E-state index contributed by atoms with van der Waals surface area (Å²) in [6, 6.07) is 20.0. The number of carbonyl (C=O) groups is 1. The van der Waals surface area contributed by atoms with E-state index >= 15 is 0 Å². The number of aryl methyl sites for hydroxylation is 1. The highest BCUT2D eigenvalue weighted by Crippen LogP contribution is 2.23. The summed E-state index contributed by atoms with van der Waals surface area (Å²) in [5.41, 5.74) is 9.30. The van der Waals surface area contributed by atoms with Gasteiger partial charge in [-0.15, -0.1) is 0 Å². The molecule has 7 nitrogen and oxygen atoms in total. The molecule has 0 aliphatic carbocycles. The van der Waals surface area contributed by atoms with Gasteiger partial charge in [0.1, 0.15) is 0 Å². The van der Waals surface area contributed by atoms with Crippen LogP contribution in [0.5, 0.6) is 0 Å². The van der Waals surface area contributed by atoms with E-state index in [1.54, 1.807) is 24.0 Å². The van der Waals surface area contributed by atoms with Gasteiger partial charge in [0.25, 0.3) is 5.91 Å². The summed E-state index contributed by atoms with van der Waals surface area (Å²) in [7, 11) is 1.60. The van der Waals surface area contributed by atoms with Crippen LogP contribution in [0, 0.1) is 30.7 Å². The van der Waals surface area contributed by atoms with E-state index in [4.69, 9.17) is 4.74 Å². The Morgan fingerprint density at radius 3 is 2.10 bits per heavy atom. The quantitative estimate of drug-likeness (QED) is 0.270. The van der Waals surface area contributed by atoms with Crippen LogP contribution in [0.4, 0.5) is 0 Å². The van der Waals surface area contributed by atoms with E-state index in [9.17, 15) is 10.1 Å². The molecule has 0 saturated carbocycles. The number of carbonyl (C=O) groups excluding carboxylic acids is 1. The maximum Gasteiger partial charge on any atom is 0.255 e. The number of terminal acetylenes is 1. The smallest absolute Gasteiger partial charge is 0.255 e. The molecule has 0 spiro atoms. The molecule has 1 amide bonds. The Balaban J connectivity index is 0.00000162. The van der Waals surface area contributed by atoms with Crippen molar-refractivity contribution in [3.05, 3.63) is 88.2 Å². The fourth-order valence-corrected chi connectivity index (χ4v) is 3.27. The Labute approximate surface area is 235 Å². The van der Waals surface area contributed by atoms with Gasteiger partial charge in [0, 0.05) is 13.7 Å². The second-order valence-corrected chi connectivity index (χ2v) is 9.07. The zero-order valence-corrected chi connectivity index (χ0v) is 24.8. The predicted molar refractivity (Wildman–Crippen MR) is 160 cm³/mol. The summed E-state index contributed by atoms with van der Waals surface area (Å²) in [5, 5.41) is 16.7. The fraction of sp³-hybridized carbons (Fsp3) is 0.406. The molecule has 210 valence electrons. The van der Waals surface area contributed by atoms with Crippen molar-refractivity contribution in [1.82, 2.24) is 15.1 Å². The van der Waals surface area contributed by atoms with Gasteiger partial charge in [-0.3, -0.25) is 9.48 Å². The molecule has 0 atom stereocenters. The van der Waals surface area contributed by atoms with Crippen LogP contribution in [0.25, 0.3) is 0 Å². The number of nitrogens with one attached hydrogen (secondary N) is 1. The first-order chi connectivity index (χ1) is 18.7. The molecule has 0 radical (unpaired) electrons. The van der Waals surface area contributed by atoms with Crippen LogP contribution in [0.15, 0.2) is 54.7 Å². The number of rotatable bonds is 8. The van der Waals surface area contributed by atoms with Crippen LogP contribution >= 0.6 is 0 Å². The minimum Gasteiger partial charge on any atom is -0.378 e. The Morgan fingerprint density at radius 1 is 1.10 bits per heavy atom. The van der Waals surface area contributed by atoms with E-state index in [2.05, 4.69) is 42.5 Å². The first kappa shape index (κ1) is 34.9. The second kappa shape index (κ2) is 19.1. The minimum absolute atomic E-state index is 0.176. The van der Waals surface area contributed by atoms with Crippen molar-refractivity contribution >= 4 is 5.91 Å². The Kier molecular flexibility index (Phi) is 17.1. The maximum absolute atomic E-state index is 12.8. The lowest BCUT2D eigenvalue weighted by molar-refractivity contribution is 0.0945. The molecule has 3 rings (SSSR count). The average molecular weight is 532 g/mol. The number of hydrogen-bond donors (Lipinski definition) is 2. The minimum atomic E-state index is -0.534. The standard InChI is InChI=1S/C25H28N4O2.C3H8.C2H3N.C2H6/c1-18-5-7-19(8-6-18)13-27-24(30)22-14-28-29(23(22)16-31-4)15-20-9-11-21(12-10-20)25(2,3)17-26;1-3-2;1-2-3;1-2/h5-12,14H,13,15-16H2,1-4H3,(H,27,30);3H2,1-2H3;1H,3H2;1-2H3. The van der Waals surface area contributed by atoms with Gasteiger partial charge < -0.3 is 15.8 Å². The van der Waals surface area contributed by atoms with Crippen molar-refractivity contribution in [2.45, 2.75) is 80.0 Å². The molecule has 0 saturated heterocycles. The van der Waals surface area contributed by atoms with E-state index in [-0.39, 0.29) is 12.5 Å². The van der Waals surface area contributed by atoms with Gasteiger partial charge in [0.05, 0.1) is 42.1 Å². The Hall–Kier alpha value is -4.07. The summed E-state index contributed by atoms with van der Waals surface area (Å²) >= 11 is 0. The van der Waals surface area contributed by atoms with Crippen molar-refractivity contribution in [3.8, 4) is 18.5 Å². The number of benzene rings is 2. The maximum atomic E-state index is 12.8. The van der Waals surface area contributed by atoms with Gasteiger partial charge in [0.15, 0.2) is 0 Å². The molecule has 0 aliphatic heterocycles. The van der Waals surface area contributed by atoms with Crippen molar-refractivity contribution in [1.29, 1.82) is 5.26 Å². The van der Waals surface area contributed by atoms with E-state index < -0.39 is 5.41 Å². The van der Waals surface area contributed by atoms with Crippen LogP contribution in [-0.4, -0.2) is 22.8 Å². The molecule has 1 aromatic heterocycles. The summed E-state index contributed by atoms with van der Waals surface area (Å²) in [6.45, 7) is 15.3. The van der Waals surface area contributed by atoms with Gasteiger partial charge in [-0.2, -0.15) is 10.4 Å². The number of nitrogens with two attached hydrogens (primary N) is 1. The lowest BCUT2D eigenvalue weighted by atomic mass is 9.86. The highest BCUT2D eigenvalue weighted by Gasteiger charge is 2.20. The summed E-state index contributed by atoms with van der Waals surface area (Å²) in [5.74, 6) is -0.176.